The number of halogens is 1. The van der Waals surface area contributed by atoms with E-state index in [-0.39, 0.29) is 23.4 Å². The first-order chi connectivity index (χ1) is 17.7. The highest BCUT2D eigenvalue weighted by atomic mass is 19.1. The largest absolute Gasteiger partial charge is 0.507 e. The minimum absolute atomic E-state index is 0.00652. The number of benzene rings is 1. The molecule has 1 aromatic carbocycles. The molecule has 1 saturated carbocycles. The maximum absolute atomic E-state index is 15.8. The SMILES string of the molecule is COc1cc(-c2ccc(-c3ncc(N(C4CC4)[C@H]4C[C@]5(C)CC[C@@](C)(N5)[C@H]4F)nn3)c(O)c2)nnc1C. The molecule has 0 unspecified atom stereocenters. The van der Waals surface area contributed by atoms with Crippen molar-refractivity contribution in [2.45, 2.75) is 82.2 Å². The van der Waals surface area contributed by atoms with Gasteiger partial charge in [0, 0.05) is 28.7 Å². The van der Waals surface area contributed by atoms with E-state index in [2.05, 4.69) is 42.5 Å². The van der Waals surface area contributed by atoms with E-state index in [0.717, 1.165) is 32.1 Å². The number of fused-ring (bicyclic) bond motifs is 2. The number of hydrogen-bond donors (Lipinski definition) is 2. The lowest BCUT2D eigenvalue weighted by Crippen LogP contribution is -2.66. The van der Waals surface area contributed by atoms with Gasteiger partial charge in [0.1, 0.15) is 23.4 Å². The summed E-state index contributed by atoms with van der Waals surface area (Å²) in [7, 11) is 1.58. The number of alkyl halides is 1. The molecule has 3 aromatic rings. The van der Waals surface area contributed by atoms with Crippen LogP contribution in [0.25, 0.3) is 22.6 Å². The van der Waals surface area contributed by atoms with Crippen molar-refractivity contribution in [2.24, 2.45) is 0 Å². The van der Waals surface area contributed by atoms with Gasteiger partial charge in [-0.05, 0) is 65.0 Å². The number of phenols is 1. The van der Waals surface area contributed by atoms with Gasteiger partial charge in [-0.1, -0.05) is 6.07 Å². The molecule has 4 atom stereocenters. The second kappa shape index (κ2) is 8.58. The van der Waals surface area contributed by atoms with Crippen molar-refractivity contribution in [1.29, 1.82) is 0 Å². The summed E-state index contributed by atoms with van der Waals surface area (Å²) < 4.78 is 21.2. The van der Waals surface area contributed by atoms with Gasteiger partial charge >= 0.3 is 0 Å². The fourth-order valence-electron chi connectivity index (χ4n) is 6.09. The lowest BCUT2D eigenvalue weighted by Gasteiger charge is -2.48. The number of methoxy groups -OCH3 is 1. The lowest BCUT2D eigenvalue weighted by atomic mass is 9.82. The number of anilines is 1. The van der Waals surface area contributed by atoms with E-state index in [1.165, 1.54) is 0 Å². The van der Waals surface area contributed by atoms with E-state index in [9.17, 15) is 5.11 Å². The van der Waals surface area contributed by atoms with Gasteiger partial charge in [-0.15, -0.1) is 15.3 Å². The topological polar surface area (TPSA) is 109 Å². The molecule has 2 N–H and O–H groups in total. The predicted molar refractivity (Wildman–Crippen MR) is 137 cm³/mol. The normalized spacial score (nSPS) is 28.8. The average molecular weight is 506 g/mol. The fraction of sp³-hybridized carbons (Fsp3) is 0.519. The zero-order valence-electron chi connectivity index (χ0n) is 21.6. The monoisotopic (exact) mass is 505 g/mol. The van der Waals surface area contributed by atoms with Crippen LogP contribution >= 0.6 is 0 Å². The molecule has 2 saturated heterocycles. The lowest BCUT2D eigenvalue weighted by molar-refractivity contribution is 0.0831. The number of hydrogen-bond acceptors (Lipinski definition) is 9. The van der Waals surface area contributed by atoms with E-state index in [1.54, 1.807) is 31.5 Å². The van der Waals surface area contributed by atoms with Crippen LogP contribution in [-0.2, 0) is 0 Å². The third kappa shape index (κ3) is 4.17. The molecule has 2 bridgehead atoms. The van der Waals surface area contributed by atoms with Crippen LogP contribution in [0.5, 0.6) is 11.5 Å². The number of phenolic OH excluding ortho intramolecular Hbond substituents is 1. The van der Waals surface area contributed by atoms with Crippen LogP contribution < -0.4 is 15.0 Å². The first-order valence-corrected chi connectivity index (χ1v) is 12.8. The quantitative estimate of drug-likeness (QED) is 0.514. The Hall–Kier alpha value is -3.40. The Labute approximate surface area is 215 Å². The number of nitrogens with zero attached hydrogens (tertiary/aromatic N) is 6. The van der Waals surface area contributed by atoms with Gasteiger partial charge in [0.2, 0.25) is 0 Å². The maximum atomic E-state index is 15.8. The van der Waals surface area contributed by atoms with Gasteiger partial charge in [-0.25, -0.2) is 9.37 Å². The van der Waals surface area contributed by atoms with Crippen molar-refractivity contribution in [2.75, 3.05) is 12.0 Å². The van der Waals surface area contributed by atoms with E-state index >= 15 is 4.39 Å². The Morgan fingerprint density at radius 1 is 1.11 bits per heavy atom. The van der Waals surface area contributed by atoms with Gasteiger partial charge in [-0.3, -0.25) is 0 Å². The van der Waals surface area contributed by atoms with Crippen molar-refractivity contribution in [3.05, 3.63) is 36.2 Å². The van der Waals surface area contributed by atoms with Crippen LogP contribution in [-0.4, -0.2) is 66.9 Å². The maximum Gasteiger partial charge on any atom is 0.185 e. The van der Waals surface area contributed by atoms with Crippen LogP contribution in [0, 0.1) is 6.92 Å². The summed E-state index contributed by atoms with van der Waals surface area (Å²) in [5, 5.41) is 31.5. The highest BCUT2D eigenvalue weighted by Gasteiger charge is 2.58. The van der Waals surface area contributed by atoms with Crippen molar-refractivity contribution in [3.63, 3.8) is 0 Å². The first kappa shape index (κ1) is 24.0. The van der Waals surface area contributed by atoms with Crippen LogP contribution in [0.15, 0.2) is 30.5 Å². The second-order valence-corrected chi connectivity index (χ2v) is 11.2. The van der Waals surface area contributed by atoms with Gasteiger partial charge in [0.25, 0.3) is 0 Å². The molecular formula is C27H32FN7O2. The molecule has 6 rings (SSSR count). The summed E-state index contributed by atoms with van der Waals surface area (Å²) in [6.45, 7) is 6.01. The summed E-state index contributed by atoms with van der Waals surface area (Å²) in [4.78, 5) is 6.64. The summed E-state index contributed by atoms with van der Waals surface area (Å²) in [6, 6.07) is 6.92. The summed E-state index contributed by atoms with van der Waals surface area (Å²) in [6.07, 6.45) is 5.21. The molecule has 3 fully saturated rings. The Kier molecular flexibility index (Phi) is 5.56. The molecule has 0 amide bonds. The minimum atomic E-state index is -1.01. The van der Waals surface area contributed by atoms with Crippen LogP contribution in [0.2, 0.25) is 0 Å². The first-order valence-electron chi connectivity index (χ1n) is 12.8. The number of piperidine rings is 1. The predicted octanol–water partition coefficient (Wildman–Crippen LogP) is 4.00. The van der Waals surface area contributed by atoms with Crippen LogP contribution in [0.3, 0.4) is 0 Å². The summed E-state index contributed by atoms with van der Waals surface area (Å²) in [5.41, 5.74) is 1.81. The van der Waals surface area contributed by atoms with Crippen molar-refractivity contribution in [3.8, 4) is 34.1 Å². The fourth-order valence-corrected chi connectivity index (χ4v) is 6.09. The molecule has 0 spiro atoms. The van der Waals surface area contributed by atoms with E-state index in [0.29, 0.717) is 39.9 Å². The van der Waals surface area contributed by atoms with Crippen LogP contribution in [0.1, 0.15) is 51.6 Å². The third-order valence-electron chi connectivity index (χ3n) is 8.19. The molecule has 3 aliphatic rings. The number of aromatic nitrogens is 5. The molecule has 9 nitrogen and oxygen atoms in total. The highest BCUT2D eigenvalue weighted by molar-refractivity contribution is 5.71. The molecular weight excluding hydrogens is 473 g/mol. The minimum Gasteiger partial charge on any atom is -0.507 e. The van der Waals surface area contributed by atoms with Gasteiger partial charge in [0.05, 0.1) is 30.6 Å². The number of nitrogens with one attached hydrogen (secondary N) is 1. The smallest absolute Gasteiger partial charge is 0.185 e. The summed E-state index contributed by atoms with van der Waals surface area (Å²) in [5.74, 6) is 1.52. The average Bonchev–Trinajstić information content (AvgIpc) is 3.68. The molecule has 2 aromatic heterocycles. The van der Waals surface area contributed by atoms with Crippen molar-refractivity contribution < 1.29 is 14.2 Å². The molecule has 194 valence electrons. The highest BCUT2D eigenvalue weighted by Crippen LogP contribution is 2.47. The summed E-state index contributed by atoms with van der Waals surface area (Å²) >= 11 is 0. The standard InChI is InChI=1S/C27H32FN7O2/c1-15-22(37-4)12-19(31-30-15)16-5-8-18(21(36)11-16)25-29-14-23(32-33-25)35(17-6-7-17)20-13-26(2)9-10-27(3,34-26)24(20)28/h5,8,11-12,14,17,20,24,34,36H,6-7,9-10,13H2,1-4H3/t20-,24-,26-,27+/m0/s1. The zero-order chi connectivity index (χ0) is 25.9. The van der Waals surface area contributed by atoms with E-state index < -0.39 is 11.7 Å². The Balaban J connectivity index is 1.27. The van der Waals surface area contributed by atoms with Crippen molar-refractivity contribution >= 4 is 5.82 Å². The molecule has 10 heteroatoms. The van der Waals surface area contributed by atoms with E-state index in [1.807, 2.05) is 19.9 Å². The number of aryl methyl sites for hydroxylation is 1. The molecule has 0 radical (unpaired) electrons. The zero-order valence-corrected chi connectivity index (χ0v) is 21.6. The van der Waals surface area contributed by atoms with E-state index in [4.69, 9.17) is 4.74 Å². The second-order valence-electron chi connectivity index (χ2n) is 11.2. The number of rotatable bonds is 6. The van der Waals surface area contributed by atoms with Gasteiger partial charge in [-0.2, -0.15) is 5.10 Å². The molecule has 2 aliphatic heterocycles. The third-order valence-corrected chi connectivity index (χ3v) is 8.19. The molecule has 37 heavy (non-hydrogen) atoms. The van der Waals surface area contributed by atoms with Gasteiger partial charge < -0.3 is 20.1 Å². The number of aromatic hydroxyl groups is 1. The molecule has 1 aliphatic carbocycles. The number of ether oxygens (including phenoxy) is 1. The Morgan fingerprint density at radius 2 is 1.92 bits per heavy atom. The Bertz CT molecular complexity index is 1330. The van der Waals surface area contributed by atoms with Gasteiger partial charge in [0.15, 0.2) is 11.6 Å². The van der Waals surface area contributed by atoms with Crippen molar-refractivity contribution in [1.82, 2.24) is 30.7 Å². The molecule has 4 heterocycles. The Morgan fingerprint density at radius 3 is 2.59 bits per heavy atom. The van der Waals surface area contributed by atoms with Crippen LogP contribution in [0.4, 0.5) is 10.2 Å².